The minimum absolute atomic E-state index is 0.0142. The monoisotopic (exact) mass is 610 g/mol. The van der Waals surface area contributed by atoms with Gasteiger partial charge < -0.3 is 0 Å². The van der Waals surface area contributed by atoms with Crippen LogP contribution in [-0.2, 0) is 10.8 Å². The maximum absolute atomic E-state index is 2.49. The van der Waals surface area contributed by atoms with Crippen LogP contribution < -0.4 is 0 Å². The van der Waals surface area contributed by atoms with Gasteiger partial charge in [0, 0.05) is 40.1 Å². The maximum Gasteiger partial charge on any atom is 0.0362 e. The summed E-state index contributed by atoms with van der Waals surface area (Å²) in [7, 11) is 0. The first kappa shape index (κ1) is 31.0. The van der Waals surface area contributed by atoms with Crippen LogP contribution in [0.25, 0.3) is 20.9 Å². The van der Waals surface area contributed by atoms with Crippen molar-refractivity contribution in [3.05, 3.63) is 116 Å². The van der Waals surface area contributed by atoms with Crippen LogP contribution in [0, 0.1) is 0 Å². The molecule has 0 aliphatic rings. The number of benzene rings is 2. The molecule has 3 heteroatoms. The first-order valence-corrected chi connectivity index (χ1v) is 18.1. The molecule has 220 valence electrons. The van der Waals surface area contributed by atoms with Crippen molar-refractivity contribution in [3.63, 3.8) is 0 Å². The number of hydrogen-bond donors (Lipinski definition) is 0. The summed E-state index contributed by atoms with van der Waals surface area (Å²) in [6, 6.07) is 31.7. The van der Waals surface area contributed by atoms with E-state index in [9.17, 15) is 0 Å². The number of rotatable bonds is 11. The lowest BCUT2D eigenvalue weighted by Gasteiger charge is -2.30. The highest BCUT2D eigenvalue weighted by molar-refractivity contribution is 7.17. The Kier molecular flexibility index (Phi) is 9.33. The molecule has 42 heavy (non-hydrogen) atoms. The Morgan fingerprint density at radius 3 is 1.50 bits per heavy atom. The Bertz CT molecular complexity index is 1600. The SMILES string of the molecule is CCC(C)c1cc(-c2ccccc2)sc1C(C)(C)c1ccc(C(C)(CC)c2sc(-c3ccccc3)cc2C(C)CC)s1. The zero-order chi connectivity index (χ0) is 30.1. The quantitative estimate of drug-likeness (QED) is 0.140. The highest BCUT2D eigenvalue weighted by atomic mass is 32.1. The van der Waals surface area contributed by atoms with E-state index < -0.39 is 0 Å². The summed E-state index contributed by atoms with van der Waals surface area (Å²) in [5.74, 6) is 1.07. The van der Waals surface area contributed by atoms with Crippen LogP contribution in [0.4, 0.5) is 0 Å². The molecule has 0 fully saturated rings. The van der Waals surface area contributed by atoms with Crippen molar-refractivity contribution < 1.29 is 0 Å². The van der Waals surface area contributed by atoms with E-state index in [-0.39, 0.29) is 10.8 Å². The van der Waals surface area contributed by atoms with E-state index >= 15 is 0 Å². The van der Waals surface area contributed by atoms with Gasteiger partial charge in [0.15, 0.2) is 0 Å². The van der Waals surface area contributed by atoms with Crippen LogP contribution in [0.3, 0.4) is 0 Å². The molecule has 3 unspecified atom stereocenters. The molecule has 0 radical (unpaired) electrons. The predicted octanol–water partition coefficient (Wildman–Crippen LogP) is 13.3. The third-order valence-electron chi connectivity index (χ3n) is 9.47. The summed E-state index contributed by atoms with van der Waals surface area (Å²) < 4.78 is 0. The fraction of sp³-hybridized carbons (Fsp3) is 0.385. The van der Waals surface area contributed by atoms with Crippen molar-refractivity contribution in [2.45, 2.75) is 97.3 Å². The second-order valence-electron chi connectivity index (χ2n) is 12.6. The summed E-state index contributed by atoms with van der Waals surface area (Å²) in [5.41, 5.74) is 5.63. The Hall–Kier alpha value is -2.46. The lowest BCUT2D eigenvalue weighted by Crippen LogP contribution is -2.22. The molecule has 3 atom stereocenters. The average Bonchev–Trinajstić information content (AvgIpc) is 3.80. The number of hydrogen-bond acceptors (Lipinski definition) is 3. The minimum Gasteiger partial charge on any atom is -0.143 e. The van der Waals surface area contributed by atoms with Gasteiger partial charge in [0.25, 0.3) is 0 Å². The Labute approximate surface area is 266 Å². The molecule has 0 N–H and O–H groups in total. The van der Waals surface area contributed by atoms with Crippen LogP contribution in [0.1, 0.15) is 117 Å². The third kappa shape index (κ3) is 5.73. The lowest BCUT2D eigenvalue weighted by molar-refractivity contribution is 0.559. The molecule has 0 nitrogen and oxygen atoms in total. The van der Waals surface area contributed by atoms with E-state index in [0.29, 0.717) is 11.8 Å². The normalized spacial score (nSPS) is 15.0. The molecule has 0 saturated heterocycles. The van der Waals surface area contributed by atoms with E-state index in [1.165, 1.54) is 46.6 Å². The molecule has 3 aromatic heterocycles. The highest BCUT2D eigenvalue weighted by Crippen LogP contribution is 2.51. The van der Waals surface area contributed by atoms with Crippen LogP contribution in [0.15, 0.2) is 84.9 Å². The van der Waals surface area contributed by atoms with Crippen molar-refractivity contribution in [2.75, 3.05) is 0 Å². The topological polar surface area (TPSA) is 0 Å². The largest absolute Gasteiger partial charge is 0.143 e. The summed E-state index contributed by atoms with van der Waals surface area (Å²) in [5, 5.41) is 0. The summed E-state index contributed by atoms with van der Waals surface area (Å²) in [6.07, 6.45) is 3.39. The molecule has 0 amide bonds. The Balaban J connectivity index is 1.59. The van der Waals surface area contributed by atoms with Crippen molar-refractivity contribution in [3.8, 4) is 20.9 Å². The van der Waals surface area contributed by atoms with E-state index in [2.05, 4.69) is 140 Å². The molecule has 3 heterocycles. The standard InChI is InChI=1S/C39H46S3/c1-9-26(4)30-24-32(28-18-14-12-15-19-28)40-36(30)38(6,7)34-22-23-35(42-34)39(8,11-3)37-31(27(5)10-2)25-33(41-37)29-20-16-13-17-21-29/h12-27H,9-11H2,1-8H3. The van der Waals surface area contributed by atoms with Gasteiger partial charge in [0.05, 0.1) is 0 Å². The van der Waals surface area contributed by atoms with E-state index in [0.717, 1.165) is 19.3 Å². The summed E-state index contributed by atoms with van der Waals surface area (Å²) in [4.78, 5) is 8.80. The van der Waals surface area contributed by atoms with E-state index in [1.54, 1.807) is 4.88 Å². The first-order valence-electron chi connectivity index (χ1n) is 15.6. The second kappa shape index (κ2) is 12.6. The average molecular weight is 611 g/mol. The fourth-order valence-corrected chi connectivity index (χ4v) is 10.3. The van der Waals surface area contributed by atoms with Crippen LogP contribution >= 0.6 is 34.0 Å². The zero-order valence-electron chi connectivity index (χ0n) is 26.6. The molecule has 2 aromatic carbocycles. The molecule has 0 aliphatic heterocycles. The van der Waals surface area contributed by atoms with Crippen molar-refractivity contribution >= 4 is 34.0 Å². The van der Waals surface area contributed by atoms with Gasteiger partial charge in [0.1, 0.15) is 0 Å². The Morgan fingerprint density at radius 2 is 1.02 bits per heavy atom. The van der Waals surface area contributed by atoms with Crippen LogP contribution in [-0.4, -0.2) is 0 Å². The number of thiophene rings is 3. The van der Waals surface area contributed by atoms with Gasteiger partial charge in [-0.1, -0.05) is 109 Å². The maximum atomic E-state index is 2.49. The lowest BCUT2D eigenvalue weighted by atomic mass is 9.79. The smallest absolute Gasteiger partial charge is 0.0362 e. The molecule has 0 spiro atoms. The molecule has 0 bridgehead atoms. The fourth-order valence-electron chi connectivity index (χ4n) is 5.92. The first-order chi connectivity index (χ1) is 20.1. The zero-order valence-corrected chi connectivity index (χ0v) is 29.0. The molecule has 0 aliphatic carbocycles. The summed E-state index contributed by atoms with van der Waals surface area (Å²) >= 11 is 6.05. The molecular formula is C39H46S3. The Morgan fingerprint density at radius 1 is 0.571 bits per heavy atom. The summed E-state index contributed by atoms with van der Waals surface area (Å²) in [6.45, 7) is 19.2. The predicted molar refractivity (Wildman–Crippen MR) is 190 cm³/mol. The molecule has 0 saturated carbocycles. The minimum atomic E-state index is -0.0573. The molecular weight excluding hydrogens is 565 g/mol. The van der Waals surface area contributed by atoms with E-state index in [4.69, 9.17) is 0 Å². The molecule has 5 aromatic rings. The van der Waals surface area contributed by atoms with Crippen LogP contribution in [0.5, 0.6) is 0 Å². The van der Waals surface area contributed by atoms with Gasteiger partial charge in [-0.3, -0.25) is 0 Å². The van der Waals surface area contributed by atoms with Crippen molar-refractivity contribution in [1.82, 2.24) is 0 Å². The van der Waals surface area contributed by atoms with Gasteiger partial charge in [-0.05, 0) is 84.5 Å². The van der Waals surface area contributed by atoms with Gasteiger partial charge in [-0.2, -0.15) is 0 Å². The third-order valence-corrected chi connectivity index (χ3v) is 14.1. The van der Waals surface area contributed by atoms with Gasteiger partial charge in [0.2, 0.25) is 0 Å². The van der Waals surface area contributed by atoms with Crippen molar-refractivity contribution in [1.29, 1.82) is 0 Å². The molecule has 5 rings (SSSR count). The van der Waals surface area contributed by atoms with E-state index in [1.807, 2.05) is 34.0 Å². The van der Waals surface area contributed by atoms with Gasteiger partial charge >= 0.3 is 0 Å². The van der Waals surface area contributed by atoms with Gasteiger partial charge in [-0.25, -0.2) is 0 Å². The second-order valence-corrected chi connectivity index (χ2v) is 15.8. The van der Waals surface area contributed by atoms with Gasteiger partial charge in [-0.15, -0.1) is 34.0 Å². The van der Waals surface area contributed by atoms with Crippen LogP contribution in [0.2, 0.25) is 0 Å². The van der Waals surface area contributed by atoms with Crippen molar-refractivity contribution in [2.24, 2.45) is 0 Å². The highest BCUT2D eigenvalue weighted by Gasteiger charge is 2.37.